The summed E-state index contributed by atoms with van der Waals surface area (Å²) in [4.78, 5) is 4.03. The first-order chi connectivity index (χ1) is 5.24. The van der Waals surface area contributed by atoms with Crippen LogP contribution in [0.3, 0.4) is 0 Å². The first-order valence-corrected chi connectivity index (χ1v) is 4.77. The quantitative estimate of drug-likeness (QED) is 0.734. The Balaban J connectivity index is 2.86. The van der Waals surface area contributed by atoms with E-state index in [0.29, 0.717) is 5.69 Å². The Hall–Kier alpha value is -0.700. The van der Waals surface area contributed by atoms with Gasteiger partial charge in [-0.3, -0.25) is 4.98 Å². The summed E-state index contributed by atoms with van der Waals surface area (Å²) in [6.45, 7) is 1.79. The van der Waals surface area contributed by atoms with E-state index >= 15 is 0 Å². The van der Waals surface area contributed by atoms with Crippen LogP contribution in [0.15, 0.2) is 12.3 Å². The highest BCUT2D eigenvalue weighted by molar-refractivity contribution is 7.97. The number of hydrogen-bond acceptors (Lipinski definition) is 3. The molecular weight excluding hydrogens is 158 g/mol. The molecule has 0 unspecified atom stereocenters. The van der Waals surface area contributed by atoms with Crippen LogP contribution in [-0.2, 0) is 5.75 Å². The Kier molecular flexibility index (Phi) is 2.76. The zero-order chi connectivity index (χ0) is 8.27. The average molecular weight is 169 g/mol. The summed E-state index contributed by atoms with van der Waals surface area (Å²) in [7, 11) is 0. The molecule has 0 aliphatic carbocycles. The molecule has 0 amide bonds. The van der Waals surface area contributed by atoms with E-state index < -0.39 is 0 Å². The molecule has 0 radical (unpaired) electrons. The predicted molar refractivity (Wildman–Crippen MR) is 47.9 cm³/mol. The third-order valence-electron chi connectivity index (χ3n) is 1.43. The molecule has 0 fully saturated rings. The number of hydrogen-bond donors (Lipinski definition) is 1. The Labute approximate surface area is 70.7 Å². The highest BCUT2D eigenvalue weighted by atomic mass is 32.2. The Bertz CT molecular complexity index is 250. The van der Waals surface area contributed by atoms with Crippen LogP contribution in [-0.4, -0.2) is 16.3 Å². The van der Waals surface area contributed by atoms with E-state index in [9.17, 15) is 5.11 Å². The molecule has 0 saturated carbocycles. The summed E-state index contributed by atoms with van der Waals surface area (Å²) >= 11 is 1.72. The normalized spacial score (nSPS) is 10.0. The molecule has 0 atom stereocenters. The van der Waals surface area contributed by atoms with Gasteiger partial charge in [-0.1, -0.05) is 0 Å². The van der Waals surface area contributed by atoms with E-state index in [2.05, 4.69) is 4.98 Å². The zero-order valence-corrected chi connectivity index (χ0v) is 7.48. The van der Waals surface area contributed by atoms with Crippen LogP contribution in [0.1, 0.15) is 11.3 Å². The summed E-state index contributed by atoms with van der Waals surface area (Å²) in [5.41, 5.74) is 1.76. The lowest BCUT2D eigenvalue weighted by atomic mass is 10.2. The molecule has 60 valence electrons. The van der Waals surface area contributed by atoms with E-state index in [0.717, 1.165) is 11.3 Å². The van der Waals surface area contributed by atoms with Gasteiger partial charge in [-0.25, -0.2) is 0 Å². The van der Waals surface area contributed by atoms with Crippen molar-refractivity contribution in [1.82, 2.24) is 4.98 Å². The molecule has 3 heteroatoms. The fraction of sp³-hybridized carbons (Fsp3) is 0.375. The first-order valence-electron chi connectivity index (χ1n) is 3.37. The highest BCUT2D eigenvalue weighted by Crippen LogP contribution is 2.17. The third kappa shape index (κ3) is 2.12. The third-order valence-corrected chi connectivity index (χ3v) is 2.05. The van der Waals surface area contributed by atoms with Gasteiger partial charge >= 0.3 is 0 Å². The SMILES string of the molecule is CSCc1cnc(C)c(O)c1. The molecule has 0 aromatic carbocycles. The van der Waals surface area contributed by atoms with E-state index in [1.807, 2.05) is 6.26 Å². The van der Waals surface area contributed by atoms with Crippen LogP contribution in [0.5, 0.6) is 5.75 Å². The molecule has 0 bridgehead atoms. The van der Waals surface area contributed by atoms with Crippen LogP contribution < -0.4 is 0 Å². The summed E-state index contributed by atoms with van der Waals surface area (Å²) in [5, 5.41) is 9.25. The number of aryl methyl sites for hydroxylation is 1. The van der Waals surface area contributed by atoms with Crippen molar-refractivity contribution >= 4 is 11.8 Å². The van der Waals surface area contributed by atoms with E-state index in [-0.39, 0.29) is 5.75 Å². The van der Waals surface area contributed by atoms with Crippen molar-refractivity contribution in [3.63, 3.8) is 0 Å². The summed E-state index contributed by atoms with van der Waals surface area (Å²) in [5.74, 6) is 1.19. The second kappa shape index (κ2) is 3.62. The second-order valence-electron chi connectivity index (χ2n) is 2.38. The van der Waals surface area contributed by atoms with Crippen LogP contribution in [0.2, 0.25) is 0 Å². The van der Waals surface area contributed by atoms with Gasteiger partial charge in [0.2, 0.25) is 0 Å². The van der Waals surface area contributed by atoms with Crippen molar-refractivity contribution < 1.29 is 5.11 Å². The molecule has 1 N–H and O–H groups in total. The number of pyridine rings is 1. The van der Waals surface area contributed by atoms with Gasteiger partial charge in [0.15, 0.2) is 0 Å². The number of thioether (sulfide) groups is 1. The Morgan fingerprint density at radius 1 is 1.64 bits per heavy atom. The maximum Gasteiger partial charge on any atom is 0.137 e. The van der Waals surface area contributed by atoms with Gasteiger partial charge < -0.3 is 5.11 Å². The van der Waals surface area contributed by atoms with Crippen molar-refractivity contribution in [1.29, 1.82) is 0 Å². The fourth-order valence-electron chi connectivity index (χ4n) is 0.809. The minimum absolute atomic E-state index is 0.288. The molecule has 0 aliphatic rings. The monoisotopic (exact) mass is 169 g/mol. The van der Waals surface area contributed by atoms with Crippen LogP contribution in [0, 0.1) is 6.92 Å². The lowest BCUT2D eigenvalue weighted by Crippen LogP contribution is -1.85. The van der Waals surface area contributed by atoms with E-state index in [4.69, 9.17) is 0 Å². The topological polar surface area (TPSA) is 33.1 Å². The zero-order valence-electron chi connectivity index (χ0n) is 6.66. The van der Waals surface area contributed by atoms with Crippen molar-refractivity contribution in [2.75, 3.05) is 6.26 Å². The predicted octanol–water partition coefficient (Wildman–Crippen LogP) is 1.96. The van der Waals surface area contributed by atoms with Gasteiger partial charge in [0.05, 0.1) is 5.69 Å². The summed E-state index contributed by atoms with van der Waals surface area (Å²) in [6.07, 6.45) is 3.82. The molecular formula is C8H11NOS. The molecule has 1 rings (SSSR count). The molecule has 0 aliphatic heterocycles. The fourth-order valence-corrected chi connectivity index (χ4v) is 1.30. The molecule has 0 spiro atoms. The van der Waals surface area contributed by atoms with Gasteiger partial charge in [-0.05, 0) is 24.8 Å². The molecule has 1 aromatic rings. The van der Waals surface area contributed by atoms with Crippen molar-refractivity contribution in [2.45, 2.75) is 12.7 Å². The first kappa shape index (κ1) is 8.40. The van der Waals surface area contributed by atoms with Crippen molar-refractivity contribution in [2.24, 2.45) is 0 Å². The lowest BCUT2D eigenvalue weighted by Gasteiger charge is -2.00. The van der Waals surface area contributed by atoms with Crippen LogP contribution >= 0.6 is 11.8 Å². The van der Waals surface area contributed by atoms with E-state index in [1.54, 1.807) is 30.9 Å². The number of aromatic hydroxyl groups is 1. The molecule has 2 nitrogen and oxygen atoms in total. The summed E-state index contributed by atoms with van der Waals surface area (Å²) in [6, 6.07) is 1.76. The van der Waals surface area contributed by atoms with Crippen LogP contribution in [0.25, 0.3) is 0 Å². The second-order valence-corrected chi connectivity index (χ2v) is 3.25. The maximum atomic E-state index is 9.25. The molecule has 11 heavy (non-hydrogen) atoms. The molecule has 0 saturated heterocycles. The minimum Gasteiger partial charge on any atom is -0.506 e. The van der Waals surface area contributed by atoms with Gasteiger partial charge in [0.1, 0.15) is 5.75 Å². The largest absolute Gasteiger partial charge is 0.506 e. The molecule has 1 heterocycles. The number of rotatable bonds is 2. The van der Waals surface area contributed by atoms with Gasteiger partial charge in [0, 0.05) is 11.9 Å². The Morgan fingerprint density at radius 3 is 2.91 bits per heavy atom. The summed E-state index contributed by atoms with van der Waals surface area (Å²) < 4.78 is 0. The van der Waals surface area contributed by atoms with Crippen LogP contribution in [0.4, 0.5) is 0 Å². The van der Waals surface area contributed by atoms with Crippen molar-refractivity contribution in [3.8, 4) is 5.75 Å². The van der Waals surface area contributed by atoms with Crippen molar-refractivity contribution in [3.05, 3.63) is 23.5 Å². The Morgan fingerprint density at radius 2 is 2.36 bits per heavy atom. The maximum absolute atomic E-state index is 9.25. The minimum atomic E-state index is 0.288. The molecule has 1 aromatic heterocycles. The standard InChI is InChI=1S/C8H11NOS/c1-6-8(10)3-7(4-9-6)5-11-2/h3-4,10H,5H2,1-2H3. The number of aromatic nitrogens is 1. The van der Waals surface area contributed by atoms with Gasteiger partial charge in [-0.2, -0.15) is 11.8 Å². The number of nitrogens with zero attached hydrogens (tertiary/aromatic N) is 1. The van der Waals surface area contributed by atoms with E-state index in [1.165, 1.54) is 0 Å². The lowest BCUT2D eigenvalue weighted by molar-refractivity contribution is 0.467. The van der Waals surface area contributed by atoms with Gasteiger partial charge in [0.25, 0.3) is 0 Å². The smallest absolute Gasteiger partial charge is 0.137 e. The average Bonchev–Trinajstić information content (AvgIpc) is 1.98. The van der Waals surface area contributed by atoms with Gasteiger partial charge in [-0.15, -0.1) is 0 Å². The highest BCUT2D eigenvalue weighted by Gasteiger charge is 1.97.